The largest absolute Gasteiger partial charge is 0.349 e. The maximum absolute atomic E-state index is 12.2. The van der Waals surface area contributed by atoms with E-state index < -0.39 is 0 Å². The summed E-state index contributed by atoms with van der Waals surface area (Å²) in [5, 5.41) is 3.18. The van der Waals surface area contributed by atoms with E-state index in [9.17, 15) is 4.79 Å². The molecule has 0 unspecified atom stereocenters. The van der Waals surface area contributed by atoms with E-state index in [1.165, 1.54) is 10.4 Å². The molecule has 0 saturated carbocycles. The molecule has 1 N–H and O–H groups in total. The van der Waals surface area contributed by atoms with Crippen molar-refractivity contribution in [2.24, 2.45) is 0 Å². The van der Waals surface area contributed by atoms with Gasteiger partial charge in [-0.2, -0.15) is 0 Å². The predicted molar refractivity (Wildman–Crippen MR) is 81.0 cm³/mol. The van der Waals surface area contributed by atoms with Gasteiger partial charge in [-0.1, -0.05) is 0 Å². The lowest BCUT2D eigenvalue weighted by molar-refractivity contribution is 0.0904. The number of hydrogen-bond acceptors (Lipinski definition) is 3. The van der Waals surface area contributed by atoms with Crippen LogP contribution in [-0.2, 0) is 0 Å². The van der Waals surface area contributed by atoms with Crippen molar-refractivity contribution in [3.05, 3.63) is 21.4 Å². The van der Waals surface area contributed by atoms with Crippen molar-refractivity contribution in [1.29, 1.82) is 0 Å². The Labute approximate surface area is 120 Å². The number of thiophene rings is 1. The Morgan fingerprint density at radius 2 is 2.00 bits per heavy atom. The van der Waals surface area contributed by atoms with E-state index in [0.29, 0.717) is 12.1 Å². The Hall–Kier alpha value is -0.870. The lowest BCUT2D eigenvalue weighted by atomic mass is 10.0. The summed E-state index contributed by atoms with van der Waals surface area (Å²) in [4.78, 5) is 16.7. The fourth-order valence-electron chi connectivity index (χ4n) is 2.50. The van der Waals surface area contributed by atoms with Crippen LogP contribution in [0.4, 0.5) is 0 Å². The average Bonchev–Trinajstić information content (AvgIpc) is 2.70. The molecule has 0 spiro atoms. The summed E-state index contributed by atoms with van der Waals surface area (Å²) < 4.78 is 0. The van der Waals surface area contributed by atoms with Crippen LogP contribution in [0.15, 0.2) is 6.07 Å². The summed E-state index contributed by atoms with van der Waals surface area (Å²) in [6, 6.07) is 2.95. The van der Waals surface area contributed by atoms with E-state index in [-0.39, 0.29) is 5.91 Å². The maximum atomic E-state index is 12.2. The summed E-state index contributed by atoms with van der Waals surface area (Å²) in [6.45, 7) is 10.8. The molecule has 1 aromatic heterocycles. The molecule has 1 saturated heterocycles. The molecule has 1 fully saturated rings. The molecule has 1 aromatic rings. The zero-order valence-corrected chi connectivity index (χ0v) is 13.1. The molecule has 19 heavy (non-hydrogen) atoms. The first kappa shape index (κ1) is 14.5. The van der Waals surface area contributed by atoms with Gasteiger partial charge in [0.2, 0.25) is 0 Å². The van der Waals surface area contributed by atoms with Crippen molar-refractivity contribution < 1.29 is 4.79 Å². The number of piperidine rings is 1. The fraction of sp³-hybridized carbons (Fsp3) is 0.667. The highest BCUT2D eigenvalue weighted by Crippen LogP contribution is 2.21. The zero-order chi connectivity index (χ0) is 14.0. The highest BCUT2D eigenvalue weighted by Gasteiger charge is 2.22. The second-order valence-electron chi connectivity index (χ2n) is 5.73. The molecular formula is C15H24N2OS. The third-order valence-corrected chi connectivity index (χ3v) is 5.14. The van der Waals surface area contributed by atoms with Crippen LogP contribution in [0.5, 0.6) is 0 Å². The normalized spacial score (nSPS) is 17.9. The number of rotatable bonds is 3. The second kappa shape index (κ2) is 6.06. The van der Waals surface area contributed by atoms with Crippen molar-refractivity contribution in [1.82, 2.24) is 10.2 Å². The van der Waals surface area contributed by atoms with Gasteiger partial charge in [-0.25, -0.2) is 0 Å². The second-order valence-corrected chi connectivity index (χ2v) is 6.98. The van der Waals surface area contributed by atoms with Crippen LogP contribution >= 0.6 is 11.3 Å². The quantitative estimate of drug-likeness (QED) is 0.923. The Kier molecular flexibility index (Phi) is 4.63. The molecule has 0 bridgehead atoms. The van der Waals surface area contributed by atoms with E-state index >= 15 is 0 Å². The van der Waals surface area contributed by atoms with E-state index in [2.05, 4.69) is 37.9 Å². The average molecular weight is 280 g/mol. The van der Waals surface area contributed by atoms with Gasteiger partial charge in [0.1, 0.15) is 0 Å². The third kappa shape index (κ3) is 3.57. The highest BCUT2D eigenvalue weighted by molar-refractivity contribution is 7.14. The van der Waals surface area contributed by atoms with Crippen molar-refractivity contribution in [3.8, 4) is 0 Å². The van der Waals surface area contributed by atoms with E-state index in [4.69, 9.17) is 0 Å². The van der Waals surface area contributed by atoms with Gasteiger partial charge in [0.05, 0.1) is 4.88 Å². The lowest BCUT2D eigenvalue weighted by Crippen LogP contribution is -2.46. The SMILES string of the molecule is Cc1cc(C(=O)NC2CCN(C(C)C)CC2)sc1C. The minimum Gasteiger partial charge on any atom is -0.349 e. The van der Waals surface area contributed by atoms with Crippen LogP contribution < -0.4 is 5.32 Å². The summed E-state index contributed by atoms with van der Waals surface area (Å²) >= 11 is 1.59. The number of carbonyl (C=O) groups is 1. The van der Waals surface area contributed by atoms with Gasteiger partial charge in [0.15, 0.2) is 0 Å². The molecule has 1 aliphatic heterocycles. The third-order valence-electron chi connectivity index (χ3n) is 3.98. The van der Waals surface area contributed by atoms with E-state index in [1.54, 1.807) is 11.3 Å². The molecule has 106 valence electrons. The molecule has 0 aliphatic carbocycles. The van der Waals surface area contributed by atoms with Gasteiger partial charge in [-0.15, -0.1) is 11.3 Å². The number of aryl methyl sites for hydroxylation is 2. The van der Waals surface area contributed by atoms with Crippen molar-refractivity contribution in [2.45, 2.75) is 52.6 Å². The smallest absolute Gasteiger partial charge is 0.261 e. The van der Waals surface area contributed by atoms with Crippen LogP contribution in [0.1, 0.15) is 46.8 Å². The molecule has 0 radical (unpaired) electrons. The predicted octanol–water partition coefficient (Wildman–Crippen LogP) is 2.97. The highest BCUT2D eigenvalue weighted by atomic mass is 32.1. The molecule has 3 nitrogen and oxygen atoms in total. The van der Waals surface area contributed by atoms with Crippen LogP contribution in [-0.4, -0.2) is 36.0 Å². The standard InChI is InChI=1S/C15H24N2OS/c1-10(2)17-7-5-13(6-8-17)16-15(18)14-9-11(3)12(4)19-14/h9-10,13H,5-8H2,1-4H3,(H,16,18). The first-order valence-electron chi connectivity index (χ1n) is 7.09. The van der Waals surface area contributed by atoms with Crippen molar-refractivity contribution in [3.63, 3.8) is 0 Å². The van der Waals surface area contributed by atoms with Crippen LogP contribution in [0.2, 0.25) is 0 Å². The number of hydrogen-bond donors (Lipinski definition) is 1. The molecule has 2 rings (SSSR count). The van der Waals surface area contributed by atoms with Crippen LogP contribution in [0.25, 0.3) is 0 Å². The van der Waals surface area contributed by atoms with Gasteiger partial charge in [0, 0.05) is 30.1 Å². The first-order chi connectivity index (χ1) is 8.97. The fourth-order valence-corrected chi connectivity index (χ4v) is 3.44. The molecule has 1 aliphatic rings. The van der Waals surface area contributed by atoms with E-state index in [1.807, 2.05) is 6.07 Å². The first-order valence-corrected chi connectivity index (χ1v) is 7.91. The number of nitrogens with zero attached hydrogens (tertiary/aromatic N) is 1. The van der Waals surface area contributed by atoms with E-state index in [0.717, 1.165) is 30.8 Å². The topological polar surface area (TPSA) is 32.3 Å². The molecule has 4 heteroatoms. The summed E-state index contributed by atoms with van der Waals surface area (Å²) in [5.74, 6) is 0.101. The number of nitrogens with one attached hydrogen (secondary N) is 1. The van der Waals surface area contributed by atoms with Crippen molar-refractivity contribution in [2.75, 3.05) is 13.1 Å². The molecule has 2 heterocycles. The van der Waals surface area contributed by atoms with Gasteiger partial charge in [-0.3, -0.25) is 4.79 Å². The van der Waals surface area contributed by atoms with Crippen molar-refractivity contribution >= 4 is 17.2 Å². The number of amides is 1. The minimum absolute atomic E-state index is 0.101. The van der Waals surface area contributed by atoms with Gasteiger partial charge in [0.25, 0.3) is 5.91 Å². The lowest BCUT2D eigenvalue weighted by Gasteiger charge is -2.34. The monoisotopic (exact) mass is 280 g/mol. The maximum Gasteiger partial charge on any atom is 0.261 e. The van der Waals surface area contributed by atoms with Gasteiger partial charge >= 0.3 is 0 Å². The number of likely N-dealkylation sites (tertiary alicyclic amines) is 1. The number of carbonyl (C=O) groups excluding carboxylic acids is 1. The Balaban J connectivity index is 1.87. The zero-order valence-electron chi connectivity index (χ0n) is 12.3. The molecule has 0 atom stereocenters. The minimum atomic E-state index is 0.101. The Morgan fingerprint density at radius 1 is 1.37 bits per heavy atom. The Bertz CT molecular complexity index is 425. The molecule has 0 aromatic carbocycles. The Morgan fingerprint density at radius 3 is 2.47 bits per heavy atom. The summed E-state index contributed by atoms with van der Waals surface area (Å²) in [5.41, 5.74) is 1.21. The van der Waals surface area contributed by atoms with Crippen LogP contribution in [0.3, 0.4) is 0 Å². The molecular weight excluding hydrogens is 256 g/mol. The van der Waals surface area contributed by atoms with Crippen LogP contribution in [0, 0.1) is 13.8 Å². The summed E-state index contributed by atoms with van der Waals surface area (Å²) in [6.07, 6.45) is 2.13. The molecule has 1 amide bonds. The van der Waals surface area contributed by atoms with Gasteiger partial charge in [-0.05, 0) is 52.2 Å². The van der Waals surface area contributed by atoms with Gasteiger partial charge < -0.3 is 10.2 Å². The summed E-state index contributed by atoms with van der Waals surface area (Å²) in [7, 11) is 0.